The third kappa shape index (κ3) is 1.42. The topological polar surface area (TPSA) is 66.0 Å². The van der Waals surface area contributed by atoms with Crippen molar-refractivity contribution in [2.45, 2.75) is 0 Å². The molecule has 0 amide bonds. The first-order chi connectivity index (χ1) is 6.58. The molecule has 0 radical (unpaired) electrons. The van der Waals surface area contributed by atoms with Crippen LogP contribution in [0.3, 0.4) is 0 Å². The second-order valence-corrected chi connectivity index (χ2v) is 3.43. The minimum Gasteiger partial charge on any atom is -0.477 e. The second kappa shape index (κ2) is 3.15. The van der Waals surface area contributed by atoms with Gasteiger partial charge in [-0.15, -0.1) is 0 Å². The standard InChI is InChI=1S/C8H4Cl2N2O2/c9-5-2-3-1-4(8(13)14)11-6(3)7(10)12-5/h1-2,11H,(H,13,14). The zero-order valence-corrected chi connectivity index (χ0v) is 8.23. The van der Waals surface area contributed by atoms with Crippen LogP contribution in [0, 0.1) is 0 Å². The van der Waals surface area contributed by atoms with Gasteiger partial charge in [0.1, 0.15) is 10.8 Å². The number of nitrogens with one attached hydrogen (secondary N) is 1. The van der Waals surface area contributed by atoms with Gasteiger partial charge >= 0.3 is 5.97 Å². The number of carbonyl (C=O) groups is 1. The van der Waals surface area contributed by atoms with Gasteiger partial charge in [0.15, 0.2) is 5.15 Å². The first-order valence-electron chi connectivity index (χ1n) is 3.66. The highest BCUT2D eigenvalue weighted by atomic mass is 35.5. The molecular formula is C8H4Cl2N2O2. The molecule has 72 valence electrons. The van der Waals surface area contributed by atoms with E-state index in [1.165, 1.54) is 6.07 Å². The molecule has 0 aromatic carbocycles. The zero-order valence-electron chi connectivity index (χ0n) is 6.71. The molecule has 2 heterocycles. The predicted molar refractivity (Wildman–Crippen MR) is 53.1 cm³/mol. The minimum absolute atomic E-state index is 0.0611. The Morgan fingerprint density at radius 1 is 1.43 bits per heavy atom. The number of rotatable bonds is 1. The van der Waals surface area contributed by atoms with Crippen LogP contribution in [0.25, 0.3) is 10.9 Å². The maximum Gasteiger partial charge on any atom is 0.352 e. The summed E-state index contributed by atoms with van der Waals surface area (Å²) >= 11 is 11.4. The first kappa shape index (κ1) is 9.30. The summed E-state index contributed by atoms with van der Waals surface area (Å²) in [5, 5.41) is 9.75. The summed E-state index contributed by atoms with van der Waals surface area (Å²) in [4.78, 5) is 17.1. The van der Waals surface area contributed by atoms with Crippen molar-refractivity contribution in [2.24, 2.45) is 0 Å². The Balaban J connectivity index is 2.76. The van der Waals surface area contributed by atoms with Gasteiger partial charge in [0.05, 0.1) is 5.52 Å². The van der Waals surface area contributed by atoms with Crippen LogP contribution in [0.2, 0.25) is 10.3 Å². The van der Waals surface area contributed by atoms with Crippen molar-refractivity contribution < 1.29 is 9.90 Å². The van der Waals surface area contributed by atoms with Crippen LogP contribution in [0.4, 0.5) is 0 Å². The third-order valence-corrected chi connectivity index (χ3v) is 2.23. The lowest BCUT2D eigenvalue weighted by Crippen LogP contribution is -1.94. The van der Waals surface area contributed by atoms with Gasteiger partial charge in [-0.1, -0.05) is 23.2 Å². The van der Waals surface area contributed by atoms with Crippen LogP contribution in [0.15, 0.2) is 12.1 Å². The van der Waals surface area contributed by atoms with E-state index in [0.29, 0.717) is 10.9 Å². The molecule has 2 rings (SSSR count). The van der Waals surface area contributed by atoms with E-state index in [4.69, 9.17) is 28.3 Å². The number of nitrogens with zero attached hydrogens (tertiary/aromatic N) is 1. The first-order valence-corrected chi connectivity index (χ1v) is 4.41. The average Bonchev–Trinajstić information content (AvgIpc) is 2.47. The molecule has 0 spiro atoms. The van der Waals surface area contributed by atoms with Gasteiger partial charge in [-0.25, -0.2) is 9.78 Å². The minimum atomic E-state index is -1.05. The number of aromatic amines is 1. The summed E-state index contributed by atoms with van der Waals surface area (Å²) in [5.74, 6) is -1.05. The number of carboxylic acids is 1. The summed E-state index contributed by atoms with van der Waals surface area (Å²) in [5.41, 5.74) is 0.541. The maximum atomic E-state index is 10.6. The molecule has 0 aliphatic heterocycles. The van der Waals surface area contributed by atoms with Gasteiger partial charge < -0.3 is 10.1 Å². The van der Waals surface area contributed by atoms with Crippen LogP contribution in [-0.2, 0) is 0 Å². The van der Waals surface area contributed by atoms with Crippen LogP contribution in [-0.4, -0.2) is 21.0 Å². The Hall–Kier alpha value is -1.26. The second-order valence-electron chi connectivity index (χ2n) is 2.69. The van der Waals surface area contributed by atoms with Crippen molar-refractivity contribution in [3.63, 3.8) is 0 Å². The molecule has 0 saturated heterocycles. The van der Waals surface area contributed by atoms with Crippen LogP contribution >= 0.6 is 23.2 Å². The molecule has 0 bridgehead atoms. The Bertz CT molecular complexity index is 521. The van der Waals surface area contributed by atoms with Crippen molar-refractivity contribution in [1.29, 1.82) is 0 Å². The molecule has 0 saturated carbocycles. The normalized spacial score (nSPS) is 10.7. The number of hydrogen-bond donors (Lipinski definition) is 2. The maximum absolute atomic E-state index is 10.6. The molecule has 0 atom stereocenters. The highest BCUT2D eigenvalue weighted by molar-refractivity contribution is 6.36. The number of aromatic nitrogens is 2. The lowest BCUT2D eigenvalue weighted by Gasteiger charge is -1.93. The Labute approximate surface area is 88.5 Å². The summed E-state index contributed by atoms with van der Waals surface area (Å²) in [6.07, 6.45) is 0. The monoisotopic (exact) mass is 230 g/mol. The molecular weight excluding hydrogens is 227 g/mol. The van der Waals surface area contributed by atoms with E-state index in [1.54, 1.807) is 6.07 Å². The molecule has 2 aromatic heterocycles. The van der Waals surface area contributed by atoms with Gasteiger partial charge in [0.2, 0.25) is 0 Å². The number of halogens is 2. The van der Waals surface area contributed by atoms with E-state index in [0.717, 1.165) is 0 Å². The van der Waals surface area contributed by atoms with Crippen LogP contribution in [0.1, 0.15) is 10.5 Å². The van der Waals surface area contributed by atoms with Crippen molar-refractivity contribution >= 4 is 40.1 Å². The quantitative estimate of drug-likeness (QED) is 0.741. The number of pyridine rings is 1. The van der Waals surface area contributed by atoms with Crippen molar-refractivity contribution in [3.8, 4) is 0 Å². The molecule has 6 heteroatoms. The molecule has 0 aliphatic carbocycles. The van der Waals surface area contributed by atoms with Crippen LogP contribution in [0.5, 0.6) is 0 Å². The molecule has 14 heavy (non-hydrogen) atoms. The summed E-state index contributed by atoms with van der Waals surface area (Å²) in [6.45, 7) is 0. The average molecular weight is 231 g/mol. The Kier molecular flexibility index (Phi) is 2.09. The predicted octanol–water partition coefficient (Wildman–Crippen LogP) is 2.57. The molecule has 0 unspecified atom stereocenters. The highest BCUT2D eigenvalue weighted by Gasteiger charge is 2.10. The molecule has 2 N–H and O–H groups in total. The fourth-order valence-electron chi connectivity index (χ4n) is 1.18. The number of fused-ring (bicyclic) bond motifs is 1. The Morgan fingerprint density at radius 2 is 2.14 bits per heavy atom. The van der Waals surface area contributed by atoms with E-state index in [9.17, 15) is 4.79 Å². The number of hydrogen-bond acceptors (Lipinski definition) is 2. The molecule has 0 fully saturated rings. The van der Waals surface area contributed by atoms with Gasteiger partial charge in [-0.3, -0.25) is 0 Å². The lowest BCUT2D eigenvalue weighted by molar-refractivity contribution is 0.0691. The largest absolute Gasteiger partial charge is 0.477 e. The fraction of sp³-hybridized carbons (Fsp3) is 0. The summed E-state index contributed by atoms with van der Waals surface area (Å²) < 4.78 is 0. The molecule has 4 nitrogen and oxygen atoms in total. The Morgan fingerprint density at radius 3 is 2.79 bits per heavy atom. The van der Waals surface area contributed by atoms with Gasteiger partial charge in [0, 0.05) is 5.39 Å². The van der Waals surface area contributed by atoms with E-state index < -0.39 is 5.97 Å². The number of carboxylic acid groups (broad SMARTS) is 1. The van der Waals surface area contributed by atoms with E-state index in [-0.39, 0.29) is 16.0 Å². The van der Waals surface area contributed by atoms with E-state index in [1.807, 2.05) is 0 Å². The number of H-pyrrole nitrogens is 1. The fourth-order valence-corrected chi connectivity index (χ4v) is 1.67. The van der Waals surface area contributed by atoms with Crippen molar-refractivity contribution in [3.05, 3.63) is 28.1 Å². The van der Waals surface area contributed by atoms with Crippen molar-refractivity contribution in [2.75, 3.05) is 0 Å². The SMILES string of the molecule is O=C(O)c1cc2cc(Cl)nc(Cl)c2[nH]1. The van der Waals surface area contributed by atoms with Crippen molar-refractivity contribution in [1.82, 2.24) is 9.97 Å². The van der Waals surface area contributed by atoms with E-state index in [2.05, 4.69) is 9.97 Å². The van der Waals surface area contributed by atoms with Gasteiger partial charge in [-0.2, -0.15) is 0 Å². The summed E-state index contributed by atoms with van der Waals surface area (Å²) in [7, 11) is 0. The number of aromatic carboxylic acids is 1. The molecule has 2 aromatic rings. The summed E-state index contributed by atoms with van der Waals surface area (Å²) in [6, 6.07) is 3.00. The third-order valence-electron chi connectivity index (χ3n) is 1.76. The highest BCUT2D eigenvalue weighted by Crippen LogP contribution is 2.24. The van der Waals surface area contributed by atoms with Gasteiger partial charge in [-0.05, 0) is 12.1 Å². The lowest BCUT2D eigenvalue weighted by atomic mass is 10.3. The van der Waals surface area contributed by atoms with Crippen LogP contribution < -0.4 is 0 Å². The van der Waals surface area contributed by atoms with E-state index >= 15 is 0 Å². The molecule has 0 aliphatic rings. The zero-order chi connectivity index (χ0) is 10.3. The van der Waals surface area contributed by atoms with Gasteiger partial charge in [0.25, 0.3) is 0 Å². The smallest absolute Gasteiger partial charge is 0.352 e.